The molecule has 2 heterocycles. The fourth-order valence-corrected chi connectivity index (χ4v) is 3.34. The zero-order valence-corrected chi connectivity index (χ0v) is 15.4. The molecule has 1 aromatic carbocycles. The predicted molar refractivity (Wildman–Crippen MR) is 98.7 cm³/mol. The maximum Gasteiger partial charge on any atom is 0.224 e. The molecule has 1 fully saturated rings. The lowest BCUT2D eigenvalue weighted by Crippen LogP contribution is -2.47. The summed E-state index contributed by atoms with van der Waals surface area (Å²) in [5, 5.41) is 2.98. The topological polar surface area (TPSA) is 87.3 Å². The summed E-state index contributed by atoms with van der Waals surface area (Å²) in [7, 11) is 1.61. The molecule has 2 aromatic rings. The molecule has 0 saturated carbocycles. The second-order valence-corrected chi connectivity index (χ2v) is 6.76. The summed E-state index contributed by atoms with van der Waals surface area (Å²) in [4.78, 5) is 34.0. The molecule has 0 bridgehead atoms. The van der Waals surface area contributed by atoms with Crippen LogP contribution < -0.4 is 5.32 Å². The number of hydrogen-bond donors (Lipinski definition) is 2. The van der Waals surface area contributed by atoms with Crippen molar-refractivity contribution in [1.82, 2.24) is 20.2 Å². The number of imidazole rings is 1. The van der Waals surface area contributed by atoms with Crippen LogP contribution in [0.25, 0.3) is 11.0 Å². The molecule has 0 aliphatic carbocycles. The number of carbonyl (C=O) groups excluding carboxylic acids is 2. The number of likely N-dealkylation sites (tertiary alicyclic amines) is 1. The van der Waals surface area contributed by atoms with Crippen molar-refractivity contribution in [2.45, 2.75) is 26.2 Å². The molecular formula is C19H26N4O3. The van der Waals surface area contributed by atoms with E-state index < -0.39 is 0 Å². The first-order valence-corrected chi connectivity index (χ1v) is 9.07. The molecule has 1 atom stereocenters. The number of aromatic nitrogens is 2. The van der Waals surface area contributed by atoms with Gasteiger partial charge in [0.2, 0.25) is 11.8 Å². The molecule has 26 heavy (non-hydrogen) atoms. The molecule has 3 rings (SSSR count). The molecule has 2 amide bonds. The second kappa shape index (κ2) is 8.31. The molecule has 7 heteroatoms. The number of methoxy groups -OCH3 is 1. The average Bonchev–Trinajstić information content (AvgIpc) is 3.05. The van der Waals surface area contributed by atoms with Gasteiger partial charge < -0.3 is 19.9 Å². The maximum absolute atomic E-state index is 12.4. The van der Waals surface area contributed by atoms with Gasteiger partial charge >= 0.3 is 0 Å². The van der Waals surface area contributed by atoms with Crippen molar-refractivity contribution >= 4 is 22.8 Å². The average molecular weight is 358 g/mol. The Morgan fingerprint density at radius 1 is 1.46 bits per heavy atom. The van der Waals surface area contributed by atoms with E-state index in [-0.39, 0.29) is 17.7 Å². The number of carbonyl (C=O) groups is 2. The summed E-state index contributed by atoms with van der Waals surface area (Å²) in [6, 6.07) is 6.04. The molecular weight excluding hydrogens is 332 g/mol. The van der Waals surface area contributed by atoms with Crippen LogP contribution >= 0.6 is 0 Å². The number of H-pyrrole nitrogens is 1. The van der Waals surface area contributed by atoms with Gasteiger partial charge in [-0.3, -0.25) is 9.59 Å². The predicted octanol–water partition coefficient (Wildman–Crippen LogP) is 1.42. The van der Waals surface area contributed by atoms with E-state index in [1.54, 1.807) is 12.0 Å². The van der Waals surface area contributed by atoms with E-state index in [2.05, 4.69) is 15.3 Å². The zero-order chi connectivity index (χ0) is 18.5. The van der Waals surface area contributed by atoms with Crippen LogP contribution in [0, 0.1) is 12.8 Å². The molecule has 1 aliphatic heterocycles. The first-order valence-electron chi connectivity index (χ1n) is 9.07. The first-order chi connectivity index (χ1) is 12.6. The fourth-order valence-electron chi connectivity index (χ4n) is 3.34. The van der Waals surface area contributed by atoms with Gasteiger partial charge in [-0.15, -0.1) is 0 Å². The van der Waals surface area contributed by atoms with Crippen LogP contribution in [-0.4, -0.2) is 60.0 Å². The maximum atomic E-state index is 12.4. The van der Waals surface area contributed by atoms with E-state index in [4.69, 9.17) is 4.74 Å². The van der Waals surface area contributed by atoms with Gasteiger partial charge in [-0.2, -0.15) is 0 Å². The van der Waals surface area contributed by atoms with Gasteiger partial charge in [-0.25, -0.2) is 4.98 Å². The van der Waals surface area contributed by atoms with E-state index in [1.807, 2.05) is 25.1 Å². The Labute approximate surface area is 153 Å². The van der Waals surface area contributed by atoms with Gasteiger partial charge in [0.15, 0.2) is 0 Å². The Morgan fingerprint density at radius 2 is 2.31 bits per heavy atom. The Morgan fingerprint density at radius 3 is 3.08 bits per heavy atom. The van der Waals surface area contributed by atoms with Crippen LogP contribution in [0.4, 0.5) is 0 Å². The Balaban J connectivity index is 1.50. The lowest BCUT2D eigenvalue weighted by molar-refractivity contribution is -0.138. The quantitative estimate of drug-likeness (QED) is 0.783. The van der Waals surface area contributed by atoms with E-state index >= 15 is 0 Å². The van der Waals surface area contributed by atoms with Crippen molar-refractivity contribution in [2.24, 2.45) is 5.92 Å². The minimum atomic E-state index is -0.150. The van der Waals surface area contributed by atoms with Crippen molar-refractivity contribution in [2.75, 3.05) is 33.4 Å². The number of piperidine rings is 1. The molecule has 2 N–H and O–H groups in total. The van der Waals surface area contributed by atoms with Gasteiger partial charge in [-0.1, -0.05) is 12.1 Å². The van der Waals surface area contributed by atoms with Crippen molar-refractivity contribution in [1.29, 1.82) is 0 Å². The lowest BCUT2D eigenvalue weighted by atomic mass is 9.96. The van der Waals surface area contributed by atoms with Crippen LogP contribution in [-0.2, 0) is 20.7 Å². The van der Waals surface area contributed by atoms with Crippen molar-refractivity contribution < 1.29 is 14.3 Å². The summed E-state index contributed by atoms with van der Waals surface area (Å²) < 4.78 is 5.03. The fraction of sp³-hybridized carbons (Fsp3) is 0.526. The number of aromatic amines is 1. The van der Waals surface area contributed by atoms with Crippen LogP contribution in [0.15, 0.2) is 18.2 Å². The molecule has 140 valence electrons. The molecule has 0 radical (unpaired) electrons. The summed E-state index contributed by atoms with van der Waals surface area (Å²) in [6.45, 7) is 4.06. The molecule has 7 nitrogen and oxygen atoms in total. The standard InChI is InChI=1S/C19H26N4O3/c1-13-4-3-5-15-18(13)22-16(21-15)8-9-20-19(25)14-6-7-17(24)23(12-14)10-11-26-2/h3-5,14H,6-12H2,1-2H3,(H,20,25)(H,21,22)/t14-/m1/s1. The van der Waals surface area contributed by atoms with Gasteiger partial charge in [0, 0.05) is 39.6 Å². The third-order valence-corrected chi connectivity index (χ3v) is 4.86. The number of ether oxygens (including phenoxy) is 1. The van der Waals surface area contributed by atoms with Crippen LogP contribution in [0.1, 0.15) is 24.2 Å². The summed E-state index contributed by atoms with van der Waals surface area (Å²) in [5.74, 6) is 0.827. The number of nitrogens with zero attached hydrogens (tertiary/aromatic N) is 2. The largest absolute Gasteiger partial charge is 0.383 e. The monoisotopic (exact) mass is 358 g/mol. The highest BCUT2D eigenvalue weighted by Gasteiger charge is 2.29. The van der Waals surface area contributed by atoms with E-state index in [0.717, 1.165) is 22.4 Å². The van der Waals surface area contributed by atoms with Gasteiger partial charge in [0.05, 0.1) is 23.6 Å². The minimum absolute atomic E-state index is 0.00667. The SMILES string of the molecule is COCCN1C[C@H](C(=O)NCCc2nc3c(C)cccc3[nH]2)CCC1=O. The number of aryl methyl sites for hydroxylation is 1. The van der Waals surface area contributed by atoms with Crippen LogP contribution in [0.3, 0.4) is 0 Å². The molecule has 0 unspecified atom stereocenters. The van der Waals surface area contributed by atoms with Crippen LogP contribution in [0.5, 0.6) is 0 Å². The smallest absolute Gasteiger partial charge is 0.224 e. The molecule has 1 saturated heterocycles. The molecule has 1 aromatic heterocycles. The lowest BCUT2D eigenvalue weighted by Gasteiger charge is -2.31. The zero-order valence-electron chi connectivity index (χ0n) is 15.4. The Kier molecular flexibility index (Phi) is 5.88. The third kappa shape index (κ3) is 4.22. The summed E-state index contributed by atoms with van der Waals surface area (Å²) >= 11 is 0. The number of para-hydroxylation sites is 1. The van der Waals surface area contributed by atoms with Gasteiger partial charge in [0.25, 0.3) is 0 Å². The number of nitrogens with one attached hydrogen (secondary N) is 2. The van der Waals surface area contributed by atoms with E-state index in [0.29, 0.717) is 45.5 Å². The van der Waals surface area contributed by atoms with Crippen molar-refractivity contribution in [3.05, 3.63) is 29.6 Å². The number of benzene rings is 1. The van der Waals surface area contributed by atoms with Crippen LogP contribution in [0.2, 0.25) is 0 Å². The number of hydrogen-bond acceptors (Lipinski definition) is 4. The molecule has 0 spiro atoms. The number of fused-ring (bicyclic) bond motifs is 1. The highest BCUT2D eigenvalue weighted by Crippen LogP contribution is 2.18. The van der Waals surface area contributed by atoms with Gasteiger partial charge in [-0.05, 0) is 25.0 Å². The van der Waals surface area contributed by atoms with E-state index in [1.165, 1.54) is 0 Å². The van der Waals surface area contributed by atoms with E-state index in [9.17, 15) is 9.59 Å². The van der Waals surface area contributed by atoms with Gasteiger partial charge in [0.1, 0.15) is 5.82 Å². The first kappa shape index (κ1) is 18.4. The number of rotatable bonds is 7. The number of amides is 2. The Hall–Kier alpha value is -2.41. The van der Waals surface area contributed by atoms with Crippen molar-refractivity contribution in [3.63, 3.8) is 0 Å². The highest BCUT2D eigenvalue weighted by molar-refractivity contribution is 5.83. The van der Waals surface area contributed by atoms with Crippen molar-refractivity contribution in [3.8, 4) is 0 Å². The third-order valence-electron chi connectivity index (χ3n) is 4.86. The highest BCUT2D eigenvalue weighted by atomic mass is 16.5. The normalized spacial score (nSPS) is 17.7. The second-order valence-electron chi connectivity index (χ2n) is 6.76. The molecule has 1 aliphatic rings. The summed E-state index contributed by atoms with van der Waals surface area (Å²) in [5.41, 5.74) is 3.14. The summed E-state index contributed by atoms with van der Waals surface area (Å²) in [6.07, 6.45) is 1.68. The minimum Gasteiger partial charge on any atom is -0.383 e. The Bertz CT molecular complexity index is 786.